The van der Waals surface area contributed by atoms with Crippen molar-refractivity contribution >= 4 is 54.5 Å². The van der Waals surface area contributed by atoms with Crippen LogP contribution >= 0.6 is 22.7 Å². The van der Waals surface area contributed by atoms with Gasteiger partial charge in [-0.3, -0.25) is 0 Å². The van der Waals surface area contributed by atoms with E-state index in [1.54, 1.807) is 35.2 Å². The molecule has 3 unspecified atom stereocenters. The van der Waals surface area contributed by atoms with E-state index in [0.717, 1.165) is 71.6 Å². The molecule has 0 aliphatic carbocycles. The Morgan fingerprint density at radius 2 is 2.17 bits per heavy atom. The van der Waals surface area contributed by atoms with E-state index in [0.29, 0.717) is 11.6 Å². The number of pyridine rings is 1. The summed E-state index contributed by atoms with van der Waals surface area (Å²) in [6, 6.07) is 7.47. The topological polar surface area (TPSA) is 59.5 Å². The van der Waals surface area contributed by atoms with Gasteiger partial charge in [0.25, 0.3) is 0 Å². The average molecular weight is 513 g/mol. The number of benzene rings is 1. The molecule has 35 heavy (non-hydrogen) atoms. The van der Waals surface area contributed by atoms with Gasteiger partial charge in [-0.2, -0.15) is 0 Å². The van der Waals surface area contributed by atoms with E-state index in [4.69, 9.17) is 9.47 Å². The van der Waals surface area contributed by atoms with Crippen LogP contribution in [-0.2, 0) is 9.47 Å². The number of hydrogen-bond acceptors (Lipinski definition) is 8. The van der Waals surface area contributed by atoms with E-state index < -0.39 is 0 Å². The predicted molar refractivity (Wildman–Crippen MR) is 140 cm³/mol. The molecule has 3 atom stereocenters. The van der Waals surface area contributed by atoms with Gasteiger partial charge in [0.15, 0.2) is 6.29 Å². The maximum Gasteiger partial charge on any atom is 0.157 e. The van der Waals surface area contributed by atoms with Gasteiger partial charge in [0.05, 0.1) is 33.2 Å². The van der Waals surface area contributed by atoms with Crippen molar-refractivity contribution in [3.63, 3.8) is 0 Å². The van der Waals surface area contributed by atoms with Gasteiger partial charge >= 0.3 is 0 Å². The van der Waals surface area contributed by atoms with Gasteiger partial charge in [-0.05, 0) is 63.4 Å². The monoisotopic (exact) mass is 512 g/mol. The molecular formula is C26H29FN4O2S2. The SMILES string of the molecule is CC(CN1CCC(c2cc3c(Nc4cc5ncsc5cc4F)ccnc3s2)C1)OC1CCCCO1. The number of nitrogens with one attached hydrogen (secondary N) is 1. The van der Waals surface area contributed by atoms with Crippen LogP contribution in [0, 0.1) is 5.82 Å². The van der Waals surface area contributed by atoms with Gasteiger partial charge in [-0.25, -0.2) is 14.4 Å². The molecule has 4 aromatic rings. The van der Waals surface area contributed by atoms with Crippen molar-refractivity contribution in [3.05, 3.63) is 46.7 Å². The lowest BCUT2D eigenvalue weighted by Crippen LogP contribution is -2.34. The first kappa shape index (κ1) is 23.2. The van der Waals surface area contributed by atoms with Crippen LogP contribution in [0.1, 0.15) is 43.4 Å². The van der Waals surface area contributed by atoms with E-state index in [1.165, 1.54) is 22.6 Å². The van der Waals surface area contributed by atoms with Gasteiger partial charge in [0.1, 0.15) is 10.6 Å². The van der Waals surface area contributed by atoms with Crippen LogP contribution in [0.4, 0.5) is 15.8 Å². The van der Waals surface area contributed by atoms with Crippen LogP contribution in [0.5, 0.6) is 0 Å². The van der Waals surface area contributed by atoms with E-state index in [2.05, 4.69) is 33.2 Å². The summed E-state index contributed by atoms with van der Waals surface area (Å²) >= 11 is 3.19. The molecule has 0 saturated carbocycles. The van der Waals surface area contributed by atoms with Gasteiger partial charge in [0, 0.05) is 42.1 Å². The molecule has 184 valence electrons. The number of aromatic nitrogens is 2. The fraction of sp³-hybridized carbons (Fsp3) is 0.462. The first-order valence-electron chi connectivity index (χ1n) is 12.3. The molecule has 6 nitrogen and oxygen atoms in total. The summed E-state index contributed by atoms with van der Waals surface area (Å²) in [5.74, 6) is 0.201. The average Bonchev–Trinajstić information content (AvgIpc) is 3.59. The Balaban J connectivity index is 1.14. The van der Waals surface area contributed by atoms with E-state index in [9.17, 15) is 4.39 Å². The van der Waals surface area contributed by atoms with Crippen LogP contribution in [-0.4, -0.2) is 53.5 Å². The Kier molecular flexibility index (Phi) is 6.68. The van der Waals surface area contributed by atoms with Crippen molar-refractivity contribution in [2.45, 2.75) is 50.9 Å². The molecule has 3 aromatic heterocycles. The molecule has 0 radical (unpaired) electrons. The van der Waals surface area contributed by atoms with E-state index in [-0.39, 0.29) is 18.2 Å². The molecular weight excluding hydrogens is 483 g/mol. The van der Waals surface area contributed by atoms with Crippen molar-refractivity contribution in [2.24, 2.45) is 0 Å². The molecule has 5 heterocycles. The maximum atomic E-state index is 14.7. The first-order valence-corrected chi connectivity index (χ1v) is 14.0. The second-order valence-corrected chi connectivity index (χ2v) is 11.4. The number of fused-ring (bicyclic) bond motifs is 2. The number of thiazole rings is 1. The minimum Gasteiger partial charge on any atom is -0.353 e. The molecule has 0 spiro atoms. The van der Waals surface area contributed by atoms with Crippen molar-refractivity contribution < 1.29 is 13.9 Å². The lowest BCUT2D eigenvalue weighted by molar-refractivity contribution is -0.186. The summed E-state index contributed by atoms with van der Waals surface area (Å²) < 4.78 is 27.4. The van der Waals surface area contributed by atoms with Gasteiger partial charge < -0.3 is 19.7 Å². The molecule has 1 aromatic carbocycles. The molecule has 1 N–H and O–H groups in total. The Morgan fingerprint density at radius 3 is 3.06 bits per heavy atom. The number of thiophene rings is 1. The molecule has 9 heteroatoms. The van der Waals surface area contributed by atoms with Crippen molar-refractivity contribution in [1.82, 2.24) is 14.9 Å². The van der Waals surface area contributed by atoms with Gasteiger partial charge in [0.2, 0.25) is 0 Å². The molecule has 2 aliphatic rings. The highest BCUT2D eigenvalue weighted by atomic mass is 32.1. The van der Waals surface area contributed by atoms with Crippen LogP contribution < -0.4 is 5.32 Å². The zero-order chi connectivity index (χ0) is 23.8. The third-order valence-corrected chi connectivity index (χ3v) is 8.85. The Bertz CT molecular complexity index is 1320. The molecule has 0 amide bonds. The summed E-state index contributed by atoms with van der Waals surface area (Å²) in [4.78, 5) is 13.7. The van der Waals surface area contributed by atoms with Crippen LogP contribution in [0.15, 0.2) is 36.0 Å². The fourth-order valence-electron chi connectivity index (χ4n) is 5.10. The largest absolute Gasteiger partial charge is 0.353 e. The van der Waals surface area contributed by atoms with E-state index >= 15 is 0 Å². The van der Waals surface area contributed by atoms with E-state index in [1.807, 2.05) is 6.07 Å². The highest BCUT2D eigenvalue weighted by Gasteiger charge is 2.28. The first-order chi connectivity index (χ1) is 17.1. The second kappa shape index (κ2) is 10.1. The normalized spacial score (nSPS) is 22.2. The third-order valence-electron chi connectivity index (χ3n) is 6.86. The van der Waals surface area contributed by atoms with Crippen LogP contribution in [0.3, 0.4) is 0 Å². The summed E-state index contributed by atoms with van der Waals surface area (Å²) in [6.45, 7) is 5.96. The zero-order valence-electron chi connectivity index (χ0n) is 19.7. The summed E-state index contributed by atoms with van der Waals surface area (Å²) in [5.41, 5.74) is 3.85. The highest BCUT2D eigenvalue weighted by molar-refractivity contribution is 7.18. The standard InChI is InChI=1S/C26H29FN4O2S2/c1-16(33-25-4-2-3-9-32-25)13-31-8-6-17(14-31)23-10-18-20(5-7-28-26(18)35-23)30-21-12-22-24(11-19(21)27)34-15-29-22/h5,7,10-12,15-17,25H,2-4,6,8-9,13-14H2,1H3,(H,28,30). The minimum atomic E-state index is -0.274. The summed E-state index contributed by atoms with van der Waals surface area (Å²) in [5, 5.41) is 4.33. The smallest absolute Gasteiger partial charge is 0.157 e. The highest BCUT2D eigenvalue weighted by Crippen LogP contribution is 2.39. The third kappa shape index (κ3) is 5.06. The number of anilines is 2. The molecule has 2 fully saturated rings. The predicted octanol–water partition coefficient (Wildman–Crippen LogP) is 6.51. The number of halogens is 1. The molecule has 0 bridgehead atoms. The van der Waals surface area contributed by atoms with Crippen molar-refractivity contribution in [1.29, 1.82) is 0 Å². The van der Waals surface area contributed by atoms with Crippen molar-refractivity contribution in [3.8, 4) is 0 Å². The summed E-state index contributed by atoms with van der Waals surface area (Å²) in [7, 11) is 0. The number of rotatable bonds is 7. The summed E-state index contributed by atoms with van der Waals surface area (Å²) in [6.07, 6.45) is 6.35. The van der Waals surface area contributed by atoms with Gasteiger partial charge in [-0.15, -0.1) is 22.7 Å². The minimum absolute atomic E-state index is 0.0437. The number of hydrogen-bond donors (Lipinski definition) is 1. The quantitative estimate of drug-likeness (QED) is 0.305. The molecule has 2 aliphatic heterocycles. The Morgan fingerprint density at radius 1 is 1.23 bits per heavy atom. The number of ether oxygens (including phenoxy) is 2. The van der Waals surface area contributed by atoms with Gasteiger partial charge in [-0.1, -0.05) is 0 Å². The zero-order valence-corrected chi connectivity index (χ0v) is 21.3. The maximum absolute atomic E-state index is 14.7. The lowest BCUT2D eigenvalue weighted by Gasteiger charge is -2.28. The Hall–Kier alpha value is -2.17. The van der Waals surface area contributed by atoms with Crippen molar-refractivity contribution in [2.75, 3.05) is 31.6 Å². The molecule has 6 rings (SSSR count). The fourth-order valence-corrected chi connectivity index (χ4v) is 6.94. The number of likely N-dealkylation sites (tertiary alicyclic amines) is 1. The second-order valence-electron chi connectivity index (χ2n) is 9.49. The van der Waals surface area contributed by atoms with Crippen LogP contribution in [0.2, 0.25) is 0 Å². The Labute approximate surface area is 212 Å². The molecule has 2 saturated heterocycles. The number of nitrogens with zero attached hydrogens (tertiary/aromatic N) is 3. The van der Waals surface area contributed by atoms with Crippen LogP contribution in [0.25, 0.3) is 20.4 Å². The lowest BCUT2D eigenvalue weighted by atomic mass is 10.1.